The molecule has 0 spiro atoms. The zero-order valence-corrected chi connectivity index (χ0v) is 6.39. The lowest BCUT2D eigenvalue weighted by atomic mass is 9.96. The first-order valence-corrected chi connectivity index (χ1v) is 3.43. The molecule has 0 N–H and O–H groups in total. The van der Waals surface area contributed by atoms with E-state index in [0.29, 0.717) is 5.92 Å². The van der Waals surface area contributed by atoms with Crippen molar-refractivity contribution in [3.05, 3.63) is 0 Å². The molecule has 0 aliphatic rings. The van der Waals surface area contributed by atoms with Gasteiger partial charge in [0.25, 0.3) is 0 Å². The molecule has 2 radical (unpaired) electrons. The van der Waals surface area contributed by atoms with Crippen LogP contribution in [0.5, 0.6) is 0 Å². The second kappa shape index (κ2) is 5.15. The topological polar surface area (TPSA) is 34.1 Å². The lowest BCUT2D eigenvalue weighted by Crippen LogP contribution is -2.06. The summed E-state index contributed by atoms with van der Waals surface area (Å²) in [6.07, 6.45) is 4.46. The van der Waals surface area contributed by atoms with Gasteiger partial charge in [-0.2, -0.15) is 0 Å². The molecule has 0 amide bonds. The van der Waals surface area contributed by atoms with Gasteiger partial charge < -0.3 is 0 Å². The van der Waals surface area contributed by atoms with Crippen molar-refractivity contribution in [1.29, 1.82) is 0 Å². The highest BCUT2D eigenvalue weighted by Gasteiger charge is 2.09. The third kappa shape index (κ3) is 4.24. The molecule has 0 aromatic carbocycles. The predicted octanol–water partition coefficient (Wildman–Crippen LogP) is 1.26. The fraction of sp³-hybridized carbons (Fsp3) is 0.750. The minimum absolute atomic E-state index is 0.196. The monoisotopic (exact) mass is 140 g/mol. The van der Waals surface area contributed by atoms with Crippen LogP contribution in [0.3, 0.4) is 0 Å². The summed E-state index contributed by atoms with van der Waals surface area (Å²) in [6.45, 7) is 4.02. The maximum absolute atomic E-state index is 10.1. The first kappa shape index (κ1) is 9.34. The van der Waals surface area contributed by atoms with E-state index in [2.05, 4.69) is 0 Å². The Morgan fingerprint density at radius 1 is 1.30 bits per heavy atom. The molecule has 56 valence electrons. The Bertz CT molecular complexity index is 108. The van der Waals surface area contributed by atoms with Gasteiger partial charge in [-0.15, -0.1) is 0 Å². The molecule has 0 rings (SSSR count). The Kier molecular flexibility index (Phi) is 4.81. The Labute approximate surface area is 61.6 Å². The van der Waals surface area contributed by atoms with E-state index in [1.165, 1.54) is 0 Å². The summed E-state index contributed by atoms with van der Waals surface area (Å²) < 4.78 is 0. The molecule has 0 saturated heterocycles. The zero-order chi connectivity index (χ0) is 7.98. The van der Waals surface area contributed by atoms with Crippen molar-refractivity contribution in [2.24, 2.45) is 11.8 Å². The molecule has 0 aliphatic heterocycles. The summed E-state index contributed by atoms with van der Waals surface area (Å²) in [5.74, 6) is 0.206. The van der Waals surface area contributed by atoms with E-state index in [1.54, 1.807) is 6.29 Å². The van der Waals surface area contributed by atoms with Gasteiger partial charge in [0.15, 0.2) is 6.29 Å². The summed E-state index contributed by atoms with van der Waals surface area (Å²) >= 11 is 0. The second-order valence-electron chi connectivity index (χ2n) is 2.79. The fourth-order valence-electron chi connectivity index (χ4n) is 0.843. The van der Waals surface area contributed by atoms with Gasteiger partial charge in [-0.25, -0.2) is 0 Å². The van der Waals surface area contributed by atoms with Gasteiger partial charge in [-0.1, -0.05) is 13.8 Å². The van der Waals surface area contributed by atoms with Crippen LogP contribution in [0.4, 0.5) is 0 Å². The molecule has 0 aromatic heterocycles. The number of rotatable bonds is 5. The van der Waals surface area contributed by atoms with Crippen LogP contribution in [0.2, 0.25) is 0 Å². The van der Waals surface area contributed by atoms with Crippen LogP contribution in [0, 0.1) is 11.8 Å². The van der Waals surface area contributed by atoms with Gasteiger partial charge in [-0.3, -0.25) is 9.59 Å². The van der Waals surface area contributed by atoms with Crippen LogP contribution in [0.25, 0.3) is 0 Å². The fourth-order valence-corrected chi connectivity index (χ4v) is 0.843. The van der Waals surface area contributed by atoms with E-state index in [4.69, 9.17) is 0 Å². The van der Waals surface area contributed by atoms with Gasteiger partial charge >= 0.3 is 0 Å². The van der Waals surface area contributed by atoms with Crippen molar-refractivity contribution in [1.82, 2.24) is 0 Å². The van der Waals surface area contributed by atoms with Crippen LogP contribution in [0.15, 0.2) is 0 Å². The molecular weight excluding hydrogens is 128 g/mol. The number of carbonyl (C=O) groups excluding carboxylic acids is 2. The lowest BCUT2D eigenvalue weighted by molar-refractivity contribution is 0.454. The molecular formula is C8H12O2. The van der Waals surface area contributed by atoms with Crippen LogP contribution < -0.4 is 0 Å². The van der Waals surface area contributed by atoms with E-state index in [-0.39, 0.29) is 12.3 Å². The molecule has 1 atom stereocenters. The summed E-state index contributed by atoms with van der Waals surface area (Å²) in [5, 5.41) is 0. The van der Waals surface area contributed by atoms with Crippen molar-refractivity contribution in [3.8, 4) is 0 Å². The zero-order valence-electron chi connectivity index (χ0n) is 6.39. The van der Waals surface area contributed by atoms with E-state index in [1.807, 2.05) is 20.1 Å². The van der Waals surface area contributed by atoms with Crippen molar-refractivity contribution in [3.63, 3.8) is 0 Å². The Balaban J connectivity index is 3.59. The van der Waals surface area contributed by atoms with Crippen molar-refractivity contribution in [2.75, 3.05) is 0 Å². The third-order valence-corrected chi connectivity index (χ3v) is 1.25. The van der Waals surface area contributed by atoms with Crippen LogP contribution >= 0.6 is 0 Å². The minimum atomic E-state index is -0.238. The average molecular weight is 140 g/mol. The molecule has 0 aromatic rings. The SMILES string of the molecule is CC(C)CC([C]=O)C[C]=O. The van der Waals surface area contributed by atoms with Crippen LogP contribution in [-0.4, -0.2) is 12.6 Å². The highest BCUT2D eigenvalue weighted by molar-refractivity contribution is 5.62. The molecule has 2 nitrogen and oxygen atoms in total. The average Bonchev–Trinajstić information content (AvgIpc) is 1.86. The van der Waals surface area contributed by atoms with Gasteiger partial charge in [0.2, 0.25) is 6.29 Å². The Hall–Kier alpha value is -0.660. The Morgan fingerprint density at radius 2 is 1.90 bits per heavy atom. The molecule has 0 bridgehead atoms. The van der Waals surface area contributed by atoms with E-state index >= 15 is 0 Å². The molecule has 0 aliphatic carbocycles. The maximum Gasteiger partial charge on any atom is 0.202 e. The molecule has 10 heavy (non-hydrogen) atoms. The highest BCUT2D eigenvalue weighted by Crippen LogP contribution is 2.11. The summed E-state index contributed by atoms with van der Waals surface area (Å²) in [4.78, 5) is 20.0. The first-order valence-electron chi connectivity index (χ1n) is 3.43. The number of hydrogen-bond acceptors (Lipinski definition) is 2. The van der Waals surface area contributed by atoms with Crippen molar-refractivity contribution in [2.45, 2.75) is 26.7 Å². The summed E-state index contributed by atoms with van der Waals surface area (Å²) in [7, 11) is 0. The normalized spacial score (nSPS) is 13.1. The predicted molar refractivity (Wildman–Crippen MR) is 38.9 cm³/mol. The molecule has 0 heterocycles. The van der Waals surface area contributed by atoms with Gasteiger partial charge in [-0.05, 0) is 12.3 Å². The third-order valence-electron chi connectivity index (χ3n) is 1.25. The van der Waals surface area contributed by atoms with Crippen LogP contribution in [-0.2, 0) is 9.59 Å². The molecule has 1 unspecified atom stereocenters. The van der Waals surface area contributed by atoms with Crippen LogP contribution in [0.1, 0.15) is 26.7 Å². The first-order chi connectivity index (χ1) is 4.70. The van der Waals surface area contributed by atoms with Gasteiger partial charge in [0, 0.05) is 12.3 Å². The highest BCUT2D eigenvalue weighted by atomic mass is 16.1. The lowest BCUT2D eigenvalue weighted by Gasteiger charge is -2.06. The van der Waals surface area contributed by atoms with Gasteiger partial charge in [0.1, 0.15) is 0 Å². The summed E-state index contributed by atoms with van der Waals surface area (Å²) in [5.41, 5.74) is 0. The number of hydrogen-bond donors (Lipinski definition) is 0. The molecule has 0 fully saturated rings. The second-order valence-corrected chi connectivity index (χ2v) is 2.79. The quantitative estimate of drug-likeness (QED) is 0.576. The largest absolute Gasteiger partial charge is 0.291 e. The molecule has 0 saturated carbocycles. The van der Waals surface area contributed by atoms with E-state index in [0.717, 1.165) is 6.42 Å². The van der Waals surface area contributed by atoms with Gasteiger partial charge in [0.05, 0.1) is 0 Å². The summed E-state index contributed by atoms with van der Waals surface area (Å²) in [6, 6.07) is 0. The van der Waals surface area contributed by atoms with Crippen molar-refractivity contribution < 1.29 is 9.59 Å². The molecule has 2 heteroatoms. The maximum atomic E-state index is 10.1. The minimum Gasteiger partial charge on any atom is -0.291 e. The smallest absolute Gasteiger partial charge is 0.202 e. The van der Waals surface area contributed by atoms with Crippen molar-refractivity contribution >= 4 is 12.6 Å². The van der Waals surface area contributed by atoms with E-state index in [9.17, 15) is 9.59 Å². The Morgan fingerprint density at radius 3 is 2.20 bits per heavy atom. The standard InChI is InChI=1S/C8H12O2/c1-7(2)5-8(6-10)3-4-9/h7-8H,3,5H2,1-2H3. The van der Waals surface area contributed by atoms with E-state index < -0.39 is 0 Å².